The summed E-state index contributed by atoms with van der Waals surface area (Å²) >= 11 is 5.02. The molecule has 0 aliphatic carbocycles. The van der Waals surface area contributed by atoms with Crippen LogP contribution in [0.2, 0.25) is 0 Å². The van der Waals surface area contributed by atoms with Crippen LogP contribution >= 0.6 is 11.9 Å². The van der Waals surface area contributed by atoms with Crippen LogP contribution in [0.15, 0.2) is 29.4 Å². The van der Waals surface area contributed by atoms with Gasteiger partial charge in [0.1, 0.15) is 11.9 Å². The molecule has 1 N–H and O–H groups in total. The second-order valence-corrected chi connectivity index (χ2v) is 2.34. The summed E-state index contributed by atoms with van der Waals surface area (Å²) in [6.45, 7) is 0. The van der Waals surface area contributed by atoms with E-state index in [1.54, 1.807) is 24.3 Å². The fourth-order valence-corrected chi connectivity index (χ4v) is 1.02. The Balaban J connectivity index is 3.19. The number of nitrogens with zero attached hydrogens (tertiary/aromatic N) is 1. The van der Waals surface area contributed by atoms with Gasteiger partial charge in [0.05, 0.1) is 5.56 Å². The molecule has 1 rings (SSSR count). The van der Waals surface area contributed by atoms with E-state index < -0.39 is 0 Å². The molecule has 0 radical (unpaired) electrons. The molecule has 1 aromatic rings. The maximum atomic E-state index is 10.5. The van der Waals surface area contributed by atoms with Crippen molar-refractivity contribution in [1.82, 2.24) is 0 Å². The van der Waals surface area contributed by atoms with Crippen LogP contribution in [0.4, 0.5) is 0 Å². The van der Waals surface area contributed by atoms with Gasteiger partial charge in [-0.25, -0.2) is 0 Å². The number of rotatable bonds is 2. The summed E-state index contributed by atoms with van der Waals surface area (Å²) in [5.74, 6) is -0.204. The summed E-state index contributed by atoms with van der Waals surface area (Å²) in [6, 6.07) is 6.46. The number of carbonyl (C=O) groups is 1. The summed E-state index contributed by atoms with van der Waals surface area (Å²) in [6.07, 6.45) is 0.621. The Morgan fingerprint density at radius 1 is 1.54 bits per heavy atom. The zero-order valence-electron chi connectivity index (χ0n) is 6.48. The minimum Gasteiger partial charge on any atom is -0.408 e. The summed E-state index contributed by atoms with van der Waals surface area (Å²) in [5, 5.41) is 11.3. The molecular weight excluding hydrogens is 194 g/mol. The summed E-state index contributed by atoms with van der Waals surface area (Å²) in [4.78, 5) is 10.5. The molecule has 0 atom stereocenters. The monoisotopic (exact) mass is 199 g/mol. The highest BCUT2D eigenvalue weighted by Gasteiger charge is 2.09. The van der Waals surface area contributed by atoms with Crippen molar-refractivity contribution in [1.29, 1.82) is 0 Å². The van der Waals surface area contributed by atoms with Crippen LogP contribution in [-0.2, 0) is 4.29 Å². The van der Waals surface area contributed by atoms with Crippen LogP contribution in [0.5, 0.6) is 0 Å². The number of benzene rings is 1. The lowest BCUT2D eigenvalue weighted by Crippen LogP contribution is -2.04. The topological polar surface area (TPSA) is 58.9 Å². The highest BCUT2D eigenvalue weighted by molar-refractivity contribution is 6.18. The van der Waals surface area contributed by atoms with Crippen LogP contribution in [0.25, 0.3) is 0 Å². The number of carbonyl (C=O) groups excluding carboxylic acids is 1. The van der Waals surface area contributed by atoms with Gasteiger partial charge in [-0.2, -0.15) is 0 Å². The van der Waals surface area contributed by atoms with E-state index in [0.717, 1.165) is 0 Å². The number of hydrogen-bond acceptors (Lipinski definition) is 4. The first-order chi connectivity index (χ1) is 6.33. The molecule has 0 saturated heterocycles. The fraction of sp³-hybridized carbons (Fsp3) is 0. The zero-order valence-corrected chi connectivity index (χ0v) is 7.23. The standard InChI is InChI=1S/C8H6ClNO3/c9-13-8(10-12)7-4-2-1-3-6(7)5-11/h1-5,12H. The Morgan fingerprint density at radius 2 is 2.23 bits per heavy atom. The van der Waals surface area contributed by atoms with E-state index in [4.69, 9.17) is 17.1 Å². The Bertz CT molecular complexity index is 338. The predicted molar refractivity (Wildman–Crippen MR) is 47.1 cm³/mol. The van der Waals surface area contributed by atoms with Gasteiger partial charge in [0.25, 0.3) is 5.90 Å². The predicted octanol–water partition coefficient (Wildman–Crippen LogP) is 1.81. The van der Waals surface area contributed by atoms with Gasteiger partial charge in [-0.15, -0.1) is 0 Å². The second-order valence-electron chi connectivity index (χ2n) is 2.19. The Hall–Kier alpha value is -1.55. The van der Waals surface area contributed by atoms with E-state index in [1.165, 1.54) is 0 Å². The Kier molecular flexibility index (Phi) is 3.28. The van der Waals surface area contributed by atoms with Crippen molar-refractivity contribution in [3.8, 4) is 0 Å². The van der Waals surface area contributed by atoms with Gasteiger partial charge in [0, 0.05) is 5.56 Å². The third-order valence-corrected chi connectivity index (χ3v) is 1.63. The molecule has 1 aromatic carbocycles. The van der Waals surface area contributed by atoms with E-state index in [-0.39, 0.29) is 5.90 Å². The molecule has 4 nitrogen and oxygen atoms in total. The lowest BCUT2D eigenvalue weighted by atomic mass is 10.1. The molecular formula is C8H6ClNO3. The molecule has 13 heavy (non-hydrogen) atoms. The first-order valence-corrected chi connectivity index (χ1v) is 3.69. The molecule has 0 aromatic heterocycles. The number of halogens is 1. The lowest BCUT2D eigenvalue weighted by molar-refractivity contribution is 0.112. The molecule has 0 aliphatic rings. The smallest absolute Gasteiger partial charge is 0.280 e. The highest BCUT2D eigenvalue weighted by atomic mass is 35.5. The summed E-state index contributed by atoms with van der Waals surface area (Å²) in [7, 11) is 0. The van der Waals surface area contributed by atoms with Crippen molar-refractivity contribution in [2.75, 3.05) is 0 Å². The van der Waals surface area contributed by atoms with E-state index in [1.807, 2.05) is 0 Å². The average Bonchev–Trinajstić information content (AvgIpc) is 2.20. The lowest BCUT2D eigenvalue weighted by Gasteiger charge is -2.01. The van der Waals surface area contributed by atoms with Crippen molar-refractivity contribution in [3.05, 3.63) is 35.4 Å². The van der Waals surface area contributed by atoms with E-state index >= 15 is 0 Å². The van der Waals surface area contributed by atoms with E-state index in [0.29, 0.717) is 17.4 Å². The minimum absolute atomic E-state index is 0.204. The number of oxime groups is 1. The van der Waals surface area contributed by atoms with Crippen molar-refractivity contribution in [2.24, 2.45) is 5.16 Å². The van der Waals surface area contributed by atoms with Crippen LogP contribution in [0.1, 0.15) is 15.9 Å². The largest absolute Gasteiger partial charge is 0.408 e. The minimum atomic E-state index is -0.204. The van der Waals surface area contributed by atoms with Crippen molar-refractivity contribution >= 4 is 24.0 Å². The molecule has 0 unspecified atom stereocenters. The SMILES string of the molecule is O=Cc1ccccc1C(=NO)OCl. The summed E-state index contributed by atoms with van der Waals surface area (Å²) < 4.78 is 4.24. The molecule has 0 bridgehead atoms. The van der Waals surface area contributed by atoms with Crippen molar-refractivity contribution in [2.45, 2.75) is 0 Å². The molecule has 5 heteroatoms. The molecule has 0 amide bonds. The molecule has 0 fully saturated rings. The zero-order chi connectivity index (χ0) is 9.68. The van der Waals surface area contributed by atoms with E-state index in [2.05, 4.69) is 9.45 Å². The first-order valence-electron chi connectivity index (χ1n) is 3.38. The van der Waals surface area contributed by atoms with Gasteiger partial charge in [-0.3, -0.25) is 4.79 Å². The number of aldehydes is 1. The van der Waals surface area contributed by atoms with Crippen molar-refractivity contribution in [3.63, 3.8) is 0 Å². The van der Waals surface area contributed by atoms with Crippen LogP contribution in [0.3, 0.4) is 0 Å². The first kappa shape index (κ1) is 9.54. The molecule has 0 spiro atoms. The van der Waals surface area contributed by atoms with E-state index in [9.17, 15) is 4.79 Å². The Morgan fingerprint density at radius 3 is 2.77 bits per heavy atom. The molecule has 0 heterocycles. The maximum absolute atomic E-state index is 10.5. The fourth-order valence-electron chi connectivity index (χ4n) is 0.905. The quantitative estimate of drug-likeness (QED) is 0.260. The van der Waals surface area contributed by atoms with Gasteiger partial charge in [-0.05, 0) is 11.2 Å². The van der Waals surface area contributed by atoms with Gasteiger partial charge < -0.3 is 9.50 Å². The average molecular weight is 200 g/mol. The van der Waals surface area contributed by atoms with Gasteiger partial charge in [0.15, 0.2) is 6.29 Å². The van der Waals surface area contributed by atoms with Crippen LogP contribution in [-0.4, -0.2) is 17.4 Å². The molecule has 0 saturated carbocycles. The van der Waals surface area contributed by atoms with Gasteiger partial charge in [-0.1, -0.05) is 18.2 Å². The van der Waals surface area contributed by atoms with Crippen LogP contribution in [0, 0.1) is 0 Å². The maximum Gasteiger partial charge on any atom is 0.280 e. The third kappa shape index (κ3) is 1.97. The molecule has 68 valence electrons. The molecule has 0 aliphatic heterocycles. The normalized spacial score (nSPS) is 11.0. The summed E-state index contributed by atoms with van der Waals surface area (Å²) in [5.41, 5.74) is 0.686. The van der Waals surface area contributed by atoms with Crippen molar-refractivity contribution < 1.29 is 14.3 Å². The second kappa shape index (κ2) is 4.47. The van der Waals surface area contributed by atoms with Gasteiger partial charge >= 0.3 is 0 Å². The van der Waals surface area contributed by atoms with Gasteiger partial charge in [0.2, 0.25) is 0 Å². The Labute approximate surface area is 79.6 Å². The highest BCUT2D eigenvalue weighted by Crippen LogP contribution is 2.09. The number of hydrogen-bond donors (Lipinski definition) is 1. The van der Waals surface area contributed by atoms with Crippen LogP contribution < -0.4 is 0 Å². The third-order valence-electron chi connectivity index (χ3n) is 1.48.